The lowest BCUT2D eigenvalue weighted by Crippen LogP contribution is -2.50. The molecule has 0 radical (unpaired) electrons. The maximum Gasteiger partial charge on any atom is 0.0125 e. The molecule has 2 atom stereocenters. The van der Waals surface area contributed by atoms with Gasteiger partial charge < -0.3 is 5.73 Å². The van der Waals surface area contributed by atoms with Crippen molar-refractivity contribution < 1.29 is 0 Å². The zero-order valence-electron chi connectivity index (χ0n) is 9.51. The predicted molar refractivity (Wildman–Crippen MR) is 57.7 cm³/mol. The van der Waals surface area contributed by atoms with Gasteiger partial charge in [0.15, 0.2) is 0 Å². The lowest BCUT2D eigenvalue weighted by atomic mass is 9.89. The van der Waals surface area contributed by atoms with Gasteiger partial charge in [-0.3, -0.25) is 4.90 Å². The molecule has 1 fully saturated rings. The smallest absolute Gasteiger partial charge is 0.0125 e. The van der Waals surface area contributed by atoms with Crippen molar-refractivity contribution in [3.05, 3.63) is 0 Å². The van der Waals surface area contributed by atoms with Crippen LogP contribution in [0.4, 0.5) is 0 Å². The largest absolute Gasteiger partial charge is 0.328 e. The zero-order valence-corrected chi connectivity index (χ0v) is 9.51. The summed E-state index contributed by atoms with van der Waals surface area (Å²) in [6.07, 6.45) is 2.62. The van der Waals surface area contributed by atoms with Gasteiger partial charge in [0.1, 0.15) is 0 Å². The Labute approximate surface area is 82.5 Å². The standard InChI is InChI=1S/C11H24N2/c1-9(12)10-6-5-7-13(8-10)11(2,3)4/h9-10H,5-8,12H2,1-4H3/t9-,10?/m1/s1. The second-order valence-electron chi connectivity index (χ2n) is 5.38. The monoisotopic (exact) mass is 184 g/mol. The molecule has 13 heavy (non-hydrogen) atoms. The van der Waals surface area contributed by atoms with E-state index in [1.807, 2.05) is 0 Å². The summed E-state index contributed by atoms with van der Waals surface area (Å²) in [6.45, 7) is 11.4. The zero-order chi connectivity index (χ0) is 10.1. The molecule has 78 valence electrons. The van der Waals surface area contributed by atoms with E-state index in [9.17, 15) is 0 Å². The number of nitrogens with two attached hydrogens (primary N) is 1. The lowest BCUT2D eigenvalue weighted by Gasteiger charge is -2.42. The maximum absolute atomic E-state index is 5.95. The van der Waals surface area contributed by atoms with Gasteiger partial charge in [-0.05, 0) is 53.0 Å². The summed E-state index contributed by atoms with van der Waals surface area (Å²) in [5, 5.41) is 0. The number of hydrogen-bond acceptors (Lipinski definition) is 2. The van der Waals surface area contributed by atoms with Crippen LogP contribution in [0.25, 0.3) is 0 Å². The molecule has 1 aliphatic heterocycles. The maximum atomic E-state index is 5.95. The predicted octanol–water partition coefficient (Wildman–Crippen LogP) is 1.84. The highest BCUT2D eigenvalue weighted by Gasteiger charge is 2.28. The van der Waals surface area contributed by atoms with E-state index in [0.717, 1.165) is 0 Å². The van der Waals surface area contributed by atoms with Crippen LogP contribution in [-0.2, 0) is 0 Å². The number of nitrogens with zero attached hydrogens (tertiary/aromatic N) is 1. The number of hydrogen-bond donors (Lipinski definition) is 1. The molecule has 1 saturated heterocycles. The molecule has 0 saturated carbocycles. The SMILES string of the molecule is C[C@@H](N)C1CCCN(C(C)(C)C)C1. The number of piperidine rings is 1. The average molecular weight is 184 g/mol. The van der Waals surface area contributed by atoms with Gasteiger partial charge in [0, 0.05) is 18.1 Å². The molecular weight excluding hydrogens is 160 g/mol. The fourth-order valence-corrected chi connectivity index (χ4v) is 2.05. The summed E-state index contributed by atoms with van der Waals surface area (Å²) in [7, 11) is 0. The van der Waals surface area contributed by atoms with Crippen molar-refractivity contribution in [3.8, 4) is 0 Å². The fourth-order valence-electron chi connectivity index (χ4n) is 2.05. The highest BCUT2D eigenvalue weighted by Crippen LogP contribution is 2.24. The van der Waals surface area contributed by atoms with E-state index in [1.54, 1.807) is 0 Å². The van der Waals surface area contributed by atoms with Gasteiger partial charge in [-0.25, -0.2) is 0 Å². The molecule has 0 bridgehead atoms. The van der Waals surface area contributed by atoms with E-state index in [-0.39, 0.29) is 0 Å². The first-order chi connectivity index (χ1) is 5.91. The van der Waals surface area contributed by atoms with E-state index in [0.29, 0.717) is 17.5 Å². The Hall–Kier alpha value is -0.0800. The van der Waals surface area contributed by atoms with E-state index < -0.39 is 0 Å². The van der Waals surface area contributed by atoms with Gasteiger partial charge in [0.2, 0.25) is 0 Å². The Bertz CT molecular complexity index is 158. The number of likely N-dealkylation sites (tertiary alicyclic amines) is 1. The summed E-state index contributed by atoms with van der Waals surface area (Å²) in [5.41, 5.74) is 6.26. The highest BCUT2D eigenvalue weighted by molar-refractivity contribution is 4.85. The van der Waals surface area contributed by atoms with Crippen molar-refractivity contribution in [1.82, 2.24) is 4.90 Å². The average Bonchev–Trinajstić information content (AvgIpc) is 2.03. The van der Waals surface area contributed by atoms with Crippen LogP contribution in [0.2, 0.25) is 0 Å². The molecule has 0 aromatic rings. The summed E-state index contributed by atoms with van der Waals surface area (Å²) >= 11 is 0. The molecular formula is C11H24N2. The van der Waals surface area contributed by atoms with Crippen LogP contribution in [0.5, 0.6) is 0 Å². The lowest BCUT2D eigenvalue weighted by molar-refractivity contribution is 0.0725. The van der Waals surface area contributed by atoms with Crippen LogP contribution in [0, 0.1) is 5.92 Å². The van der Waals surface area contributed by atoms with Crippen molar-refractivity contribution in [1.29, 1.82) is 0 Å². The third-order valence-electron chi connectivity index (χ3n) is 3.15. The molecule has 0 aromatic carbocycles. The van der Waals surface area contributed by atoms with Gasteiger partial charge in [-0.1, -0.05) is 0 Å². The van der Waals surface area contributed by atoms with Gasteiger partial charge in [0.05, 0.1) is 0 Å². The molecule has 1 unspecified atom stereocenters. The highest BCUT2D eigenvalue weighted by atomic mass is 15.2. The van der Waals surface area contributed by atoms with Crippen LogP contribution in [0.1, 0.15) is 40.5 Å². The minimum Gasteiger partial charge on any atom is -0.328 e. The third-order valence-corrected chi connectivity index (χ3v) is 3.15. The molecule has 2 heteroatoms. The first-order valence-electron chi connectivity index (χ1n) is 5.42. The minimum atomic E-state index is 0.313. The Morgan fingerprint density at radius 1 is 1.38 bits per heavy atom. The van der Waals surface area contributed by atoms with E-state index in [2.05, 4.69) is 32.6 Å². The van der Waals surface area contributed by atoms with Gasteiger partial charge >= 0.3 is 0 Å². The Morgan fingerprint density at radius 2 is 2.00 bits per heavy atom. The fraction of sp³-hybridized carbons (Fsp3) is 1.00. The Kier molecular flexibility index (Phi) is 3.36. The first-order valence-corrected chi connectivity index (χ1v) is 5.42. The quantitative estimate of drug-likeness (QED) is 0.674. The molecule has 0 amide bonds. The topological polar surface area (TPSA) is 29.3 Å². The van der Waals surface area contributed by atoms with Crippen LogP contribution < -0.4 is 5.73 Å². The van der Waals surface area contributed by atoms with Gasteiger partial charge in [0.25, 0.3) is 0 Å². The second kappa shape index (κ2) is 3.97. The second-order valence-corrected chi connectivity index (χ2v) is 5.38. The summed E-state index contributed by atoms with van der Waals surface area (Å²) in [4.78, 5) is 2.56. The summed E-state index contributed by atoms with van der Waals surface area (Å²) in [6, 6.07) is 0.352. The van der Waals surface area contributed by atoms with Crippen LogP contribution in [0.15, 0.2) is 0 Å². The molecule has 1 aliphatic rings. The van der Waals surface area contributed by atoms with Crippen LogP contribution in [0.3, 0.4) is 0 Å². The van der Waals surface area contributed by atoms with Crippen LogP contribution >= 0.6 is 0 Å². The molecule has 1 rings (SSSR count). The molecule has 0 aliphatic carbocycles. The van der Waals surface area contributed by atoms with Crippen molar-refractivity contribution in [2.75, 3.05) is 13.1 Å². The van der Waals surface area contributed by atoms with Crippen molar-refractivity contribution in [3.63, 3.8) is 0 Å². The molecule has 0 aromatic heterocycles. The Morgan fingerprint density at radius 3 is 2.46 bits per heavy atom. The third kappa shape index (κ3) is 2.96. The normalized spacial score (nSPS) is 28.8. The van der Waals surface area contributed by atoms with Crippen molar-refractivity contribution >= 4 is 0 Å². The van der Waals surface area contributed by atoms with Crippen molar-refractivity contribution in [2.45, 2.75) is 52.1 Å². The van der Waals surface area contributed by atoms with E-state index >= 15 is 0 Å². The minimum absolute atomic E-state index is 0.313. The van der Waals surface area contributed by atoms with Crippen LogP contribution in [-0.4, -0.2) is 29.6 Å². The van der Waals surface area contributed by atoms with Gasteiger partial charge in [-0.2, -0.15) is 0 Å². The number of rotatable bonds is 1. The Balaban J connectivity index is 2.52. The van der Waals surface area contributed by atoms with Crippen molar-refractivity contribution in [2.24, 2.45) is 11.7 Å². The van der Waals surface area contributed by atoms with E-state index in [4.69, 9.17) is 5.73 Å². The molecule has 2 N–H and O–H groups in total. The first kappa shape index (κ1) is 11.0. The molecule has 0 spiro atoms. The summed E-state index contributed by atoms with van der Waals surface area (Å²) in [5.74, 6) is 0.702. The molecule has 1 heterocycles. The van der Waals surface area contributed by atoms with Gasteiger partial charge in [-0.15, -0.1) is 0 Å². The van der Waals surface area contributed by atoms with E-state index in [1.165, 1.54) is 25.9 Å². The molecule has 2 nitrogen and oxygen atoms in total. The summed E-state index contributed by atoms with van der Waals surface area (Å²) < 4.78 is 0.